The number of nitrogens with zero attached hydrogens (tertiary/aromatic N) is 1. The van der Waals surface area contributed by atoms with Gasteiger partial charge in [0.2, 0.25) is 0 Å². The highest BCUT2D eigenvalue weighted by Crippen LogP contribution is 2.35. The average molecular weight is 329 g/mol. The number of benzene rings is 2. The van der Waals surface area contributed by atoms with E-state index in [1.807, 2.05) is 24.3 Å². The van der Waals surface area contributed by atoms with Crippen molar-refractivity contribution in [1.82, 2.24) is 5.32 Å². The molecule has 2 N–H and O–H groups in total. The third-order valence-corrected chi connectivity index (χ3v) is 4.70. The summed E-state index contributed by atoms with van der Waals surface area (Å²) in [5, 5.41) is 16.4. The molecule has 7 heteroatoms. The molecule has 0 bridgehead atoms. The Morgan fingerprint density at radius 3 is 2.87 bits per heavy atom. The summed E-state index contributed by atoms with van der Waals surface area (Å²) in [6.45, 7) is 0. The number of nitro groups is 1. The van der Waals surface area contributed by atoms with Crippen molar-refractivity contribution < 1.29 is 9.72 Å². The van der Waals surface area contributed by atoms with Crippen LogP contribution < -0.4 is 10.6 Å². The topological polar surface area (TPSA) is 84.3 Å². The fourth-order valence-electron chi connectivity index (χ4n) is 2.51. The summed E-state index contributed by atoms with van der Waals surface area (Å²) in [6.07, 6.45) is 0.851. The molecule has 6 nitrogen and oxygen atoms in total. The lowest BCUT2D eigenvalue weighted by Gasteiger charge is -2.25. The van der Waals surface area contributed by atoms with Crippen molar-refractivity contribution in [1.29, 1.82) is 0 Å². The molecule has 0 fully saturated rings. The Morgan fingerprint density at radius 1 is 1.22 bits per heavy atom. The van der Waals surface area contributed by atoms with E-state index in [0.717, 1.165) is 17.7 Å². The van der Waals surface area contributed by atoms with E-state index >= 15 is 0 Å². The molecule has 0 radical (unpaired) electrons. The summed E-state index contributed by atoms with van der Waals surface area (Å²) in [5.41, 5.74) is 1.45. The van der Waals surface area contributed by atoms with E-state index in [2.05, 4.69) is 10.6 Å². The number of amides is 2. The molecule has 1 aliphatic rings. The zero-order valence-corrected chi connectivity index (χ0v) is 13.0. The number of anilines is 1. The molecule has 2 aromatic rings. The van der Waals surface area contributed by atoms with Crippen molar-refractivity contribution in [2.24, 2.45) is 0 Å². The van der Waals surface area contributed by atoms with Gasteiger partial charge in [0.15, 0.2) is 0 Å². The molecule has 0 unspecified atom stereocenters. The van der Waals surface area contributed by atoms with Gasteiger partial charge in [-0.3, -0.25) is 10.1 Å². The second-order valence-corrected chi connectivity index (χ2v) is 6.27. The maximum absolute atomic E-state index is 12.2. The van der Waals surface area contributed by atoms with Gasteiger partial charge in [-0.05, 0) is 24.1 Å². The van der Waals surface area contributed by atoms with Crippen molar-refractivity contribution in [3.63, 3.8) is 0 Å². The van der Waals surface area contributed by atoms with E-state index in [1.54, 1.807) is 23.9 Å². The van der Waals surface area contributed by atoms with Gasteiger partial charge in [0.05, 0.1) is 11.0 Å². The van der Waals surface area contributed by atoms with Crippen molar-refractivity contribution in [3.05, 3.63) is 64.2 Å². The zero-order chi connectivity index (χ0) is 16.2. The average Bonchev–Trinajstić information content (AvgIpc) is 2.55. The molecule has 3 rings (SSSR count). The van der Waals surface area contributed by atoms with Gasteiger partial charge >= 0.3 is 6.03 Å². The van der Waals surface area contributed by atoms with E-state index in [-0.39, 0.29) is 17.8 Å². The summed E-state index contributed by atoms with van der Waals surface area (Å²) < 4.78 is 0. The molecule has 0 aliphatic carbocycles. The van der Waals surface area contributed by atoms with E-state index < -0.39 is 4.92 Å². The van der Waals surface area contributed by atoms with Crippen LogP contribution in [0, 0.1) is 10.1 Å². The predicted octanol–water partition coefficient (Wildman–Crippen LogP) is 3.95. The van der Waals surface area contributed by atoms with Crippen LogP contribution in [0.4, 0.5) is 16.2 Å². The number of rotatable bonds is 3. The Kier molecular flexibility index (Phi) is 4.47. The molecule has 1 atom stereocenters. The molecular formula is C16H15N3O3S. The lowest BCUT2D eigenvalue weighted by Crippen LogP contribution is -2.34. The number of hydrogen-bond acceptors (Lipinski definition) is 4. The summed E-state index contributed by atoms with van der Waals surface area (Å²) >= 11 is 1.78. The Hall–Kier alpha value is -2.54. The van der Waals surface area contributed by atoms with Crippen LogP contribution in [0.3, 0.4) is 0 Å². The number of thioether (sulfide) groups is 1. The summed E-state index contributed by atoms with van der Waals surface area (Å²) in [5.74, 6) is 0.943. The van der Waals surface area contributed by atoms with Gasteiger partial charge in [0, 0.05) is 28.5 Å². The Labute approximate surface area is 137 Å². The van der Waals surface area contributed by atoms with Crippen LogP contribution in [0.5, 0.6) is 0 Å². The highest BCUT2D eigenvalue weighted by atomic mass is 32.2. The minimum atomic E-state index is -0.488. The summed E-state index contributed by atoms with van der Waals surface area (Å²) in [7, 11) is 0. The van der Waals surface area contributed by atoms with Crippen LogP contribution in [0.25, 0.3) is 0 Å². The van der Waals surface area contributed by atoms with Crippen LogP contribution >= 0.6 is 11.8 Å². The predicted molar refractivity (Wildman–Crippen MR) is 89.8 cm³/mol. The van der Waals surface area contributed by atoms with Gasteiger partial charge in [-0.2, -0.15) is 0 Å². The Balaban J connectivity index is 1.69. The van der Waals surface area contributed by atoms with Crippen LogP contribution in [0.15, 0.2) is 53.4 Å². The fraction of sp³-hybridized carbons (Fsp3) is 0.188. The minimum absolute atomic E-state index is 0.0499. The number of carbonyl (C=O) groups is 1. The zero-order valence-electron chi connectivity index (χ0n) is 12.2. The molecule has 2 aromatic carbocycles. The molecule has 1 aliphatic heterocycles. The molecule has 0 aromatic heterocycles. The number of non-ortho nitro benzene ring substituents is 1. The van der Waals surface area contributed by atoms with Gasteiger partial charge < -0.3 is 10.6 Å². The highest BCUT2D eigenvalue weighted by molar-refractivity contribution is 7.99. The lowest BCUT2D eigenvalue weighted by molar-refractivity contribution is -0.384. The number of urea groups is 1. The molecule has 0 spiro atoms. The molecule has 1 heterocycles. The molecule has 0 saturated heterocycles. The van der Waals surface area contributed by atoms with Crippen molar-refractivity contribution in [2.75, 3.05) is 11.1 Å². The molecule has 118 valence electrons. The fourth-order valence-corrected chi connectivity index (χ4v) is 3.64. The lowest BCUT2D eigenvalue weighted by atomic mass is 10.0. The second-order valence-electron chi connectivity index (χ2n) is 5.13. The molecule has 0 saturated carbocycles. The Morgan fingerprint density at radius 2 is 2.04 bits per heavy atom. The highest BCUT2D eigenvalue weighted by Gasteiger charge is 2.22. The smallest absolute Gasteiger partial charge is 0.319 e. The van der Waals surface area contributed by atoms with Gasteiger partial charge in [0.25, 0.3) is 5.69 Å². The van der Waals surface area contributed by atoms with Crippen LogP contribution in [0.2, 0.25) is 0 Å². The first-order chi connectivity index (χ1) is 11.1. The maximum atomic E-state index is 12.2. The van der Waals surface area contributed by atoms with Crippen LogP contribution in [-0.2, 0) is 0 Å². The first-order valence-corrected chi connectivity index (χ1v) is 8.16. The number of hydrogen-bond donors (Lipinski definition) is 2. The largest absolute Gasteiger partial charge is 0.331 e. The normalized spacial score (nSPS) is 16.3. The van der Waals surface area contributed by atoms with Gasteiger partial charge in [0.1, 0.15) is 0 Å². The van der Waals surface area contributed by atoms with Crippen molar-refractivity contribution >= 4 is 29.2 Å². The van der Waals surface area contributed by atoms with E-state index in [9.17, 15) is 14.9 Å². The third-order valence-electron chi connectivity index (χ3n) is 3.58. The number of nitrogens with one attached hydrogen (secondary N) is 2. The van der Waals surface area contributed by atoms with E-state index in [0.29, 0.717) is 5.69 Å². The van der Waals surface area contributed by atoms with Crippen LogP contribution in [-0.4, -0.2) is 16.7 Å². The molecular weight excluding hydrogens is 314 g/mol. The Bertz CT molecular complexity index is 751. The van der Waals surface area contributed by atoms with Crippen molar-refractivity contribution in [2.45, 2.75) is 17.4 Å². The summed E-state index contributed by atoms with van der Waals surface area (Å²) in [4.78, 5) is 23.6. The van der Waals surface area contributed by atoms with Gasteiger partial charge in [-0.1, -0.05) is 24.3 Å². The second kappa shape index (κ2) is 6.70. The number of fused-ring (bicyclic) bond motifs is 1. The number of nitro benzene ring substituents is 1. The third kappa shape index (κ3) is 3.62. The maximum Gasteiger partial charge on any atom is 0.319 e. The quantitative estimate of drug-likeness (QED) is 0.659. The minimum Gasteiger partial charge on any atom is -0.331 e. The van der Waals surface area contributed by atoms with Gasteiger partial charge in [-0.15, -0.1) is 11.8 Å². The monoisotopic (exact) mass is 329 g/mol. The van der Waals surface area contributed by atoms with Crippen LogP contribution in [0.1, 0.15) is 18.0 Å². The molecule has 23 heavy (non-hydrogen) atoms. The SMILES string of the molecule is O=C(Nc1cccc([N+](=O)[O-])c1)N[C@H]1CCSc2ccccc21. The van der Waals surface area contributed by atoms with Crippen molar-refractivity contribution in [3.8, 4) is 0 Å². The van der Waals surface area contributed by atoms with E-state index in [1.165, 1.54) is 17.0 Å². The number of carbonyl (C=O) groups excluding carboxylic acids is 1. The van der Waals surface area contributed by atoms with E-state index in [4.69, 9.17) is 0 Å². The van der Waals surface area contributed by atoms with Gasteiger partial charge in [-0.25, -0.2) is 4.79 Å². The first kappa shape index (κ1) is 15.4. The molecule has 2 amide bonds. The first-order valence-electron chi connectivity index (χ1n) is 7.17. The standard InChI is InChI=1S/C16H15N3O3S/c20-16(17-11-4-3-5-12(10-11)19(21)22)18-14-8-9-23-15-7-2-1-6-13(14)15/h1-7,10,14H,8-9H2,(H2,17,18,20)/t14-/m0/s1. The summed E-state index contributed by atoms with van der Waals surface area (Å²) in [6, 6.07) is 13.5.